The molecule has 0 aromatic carbocycles. The normalized spacial score (nSPS) is 16.0. The van der Waals surface area contributed by atoms with Crippen molar-refractivity contribution in [2.75, 3.05) is 12.5 Å². The number of hydrogen-bond acceptors (Lipinski definition) is 4. The molecule has 1 unspecified atom stereocenters. The summed E-state index contributed by atoms with van der Waals surface area (Å²) < 4.78 is 0. The summed E-state index contributed by atoms with van der Waals surface area (Å²) in [5.74, 6) is 6.63. The molecular formula is C14H22N4O. The number of nitrogens with two attached hydrogens (primary N) is 1. The number of hydrazine groups is 1. The Labute approximate surface area is 114 Å². The molecule has 0 radical (unpaired) electrons. The average molecular weight is 262 g/mol. The van der Waals surface area contributed by atoms with Gasteiger partial charge in [0.1, 0.15) is 5.82 Å². The Morgan fingerprint density at radius 2 is 2.26 bits per heavy atom. The number of nitrogens with one attached hydrogen (secondary N) is 1. The van der Waals surface area contributed by atoms with E-state index in [0.717, 1.165) is 12.1 Å². The highest BCUT2D eigenvalue weighted by Crippen LogP contribution is 2.35. The van der Waals surface area contributed by atoms with E-state index in [1.165, 1.54) is 12.8 Å². The van der Waals surface area contributed by atoms with E-state index >= 15 is 0 Å². The van der Waals surface area contributed by atoms with Crippen molar-refractivity contribution in [1.82, 2.24) is 9.88 Å². The van der Waals surface area contributed by atoms with Crippen molar-refractivity contribution in [2.24, 2.45) is 11.8 Å². The second-order valence-electron chi connectivity index (χ2n) is 5.22. The van der Waals surface area contributed by atoms with Gasteiger partial charge in [0.05, 0.1) is 0 Å². The molecule has 1 aromatic rings. The summed E-state index contributed by atoms with van der Waals surface area (Å²) in [6.07, 6.45) is 3.23. The number of aryl methyl sites for hydroxylation is 1. The third kappa shape index (κ3) is 3.04. The van der Waals surface area contributed by atoms with Crippen molar-refractivity contribution < 1.29 is 4.79 Å². The molecule has 0 saturated heterocycles. The quantitative estimate of drug-likeness (QED) is 0.627. The zero-order chi connectivity index (χ0) is 14.0. The first-order valence-electron chi connectivity index (χ1n) is 6.81. The molecule has 1 aliphatic carbocycles. The van der Waals surface area contributed by atoms with Gasteiger partial charge in [-0.15, -0.1) is 0 Å². The fourth-order valence-electron chi connectivity index (χ4n) is 2.25. The predicted octanol–water partition coefficient (Wildman–Crippen LogP) is 1.80. The van der Waals surface area contributed by atoms with Gasteiger partial charge in [0, 0.05) is 24.3 Å². The monoisotopic (exact) mass is 262 g/mol. The zero-order valence-electron chi connectivity index (χ0n) is 11.8. The predicted molar refractivity (Wildman–Crippen MR) is 75.7 cm³/mol. The minimum Gasteiger partial charge on any atom is -0.339 e. The van der Waals surface area contributed by atoms with E-state index in [-0.39, 0.29) is 5.91 Å². The van der Waals surface area contributed by atoms with Crippen LogP contribution in [0.1, 0.15) is 42.7 Å². The summed E-state index contributed by atoms with van der Waals surface area (Å²) in [4.78, 5) is 18.6. The Bertz CT molecular complexity index is 448. The molecule has 2 rings (SSSR count). The van der Waals surface area contributed by atoms with Crippen molar-refractivity contribution in [3.8, 4) is 0 Å². The summed E-state index contributed by atoms with van der Waals surface area (Å²) in [6.45, 7) is 4.12. The van der Waals surface area contributed by atoms with E-state index < -0.39 is 0 Å². The highest BCUT2D eigenvalue weighted by Gasteiger charge is 2.32. The van der Waals surface area contributed by atoms with Crippen LogP contribution in [0.15, 0.2) is 12.1 Å². The minimum absolute atomic E-state index is 0.0352. The standard InChI is InChI=1S/C14H22N4O/c1-4-12-7-11(8-13(16-12)17-15)14(19)18(3)9(2)10-5-6-10/h7-10H,4-6,15H2,1-3H3,(H,16,17). The topological polar surface area (TPSA) is 71.2 Å². The summed E-state index contributed by atoms with van der Waals surface area (Å²) >= 11 is 0. The lowest BCUT2D eigenvalue weighted by Crippen LogP contribution is -2.36. The van der Waals surface area contributed by atoms with Crippen molar-refractivity contribution in [3.63, 3.8) is 0 Å². The molecule has 0 spiro atoms. The summed E-state index contributed by atoms with van der Waals surface area (Å²) in [5, 5.41) is 0. The van der Waals surface area contributed by atoms with E-state index in [9.17, 15) is 4.79 Å². The molecule has 1 atom stereocenters. The van der Waals surface area contributed by atoms with Crippen LogP contribution in [0.25, 0.3) is 0 Å². The van der Waals surface area contributed by atoms with Crippen LogP contribution < -0.4 is 11.3 Å². The number of aromatic nitrogens is 1. The Morgan fingerprint density at radius 1 is 1.58 bits per heavy atom. The Hall–Kier alpha value is -1.62. The van der Waals surface area contributed by atoms with Gasteiger partial charge in [-0.3, -0.25) is 4.79 Å². The van der Waals surface area contributed by atoms with Gasteiger partial charge in [-0.1, -0.05) is 6.92 Å². The largest absolute Gasteiger partial charge is 0.339 e. The summed E-state index contributed by atoms with van der Waals surface area (Å²) in [7, 11) is 1.87. The van der Waals surface area contributed by atoms with Crippen LogP contribution in [0.3, 0.4) is 0 Å². The number of carbonyl (C=O) groups excluding carboxylic acids is 1. The first-order chi connectivity index (χ1) is 9.06. The maximum Gasteiger partial charge on any atom is 0.254 e. The number of pyridine rings is 1. The van der Waals surface area contributed by atoms with Gasteiger partial charge in [-0.25, -0.2) is 10.8 Å². The van der Waals surface area contributed by atoms with Gasteiger partial charge in [-0.05, 0) is 44.2 Å². The molecule has 1 amide bonds. The van der Waals surface area contributed by atoms with Crippen LogP contribution in [0.5, 0.6) is 0 Å². The lowest BCUT2D eigenvalue weighted by molar-refractivity contribution is 0.0727. The highest BCUT2D eigenvalue weighted by atomic mass is 16.2. The maximum atomic E-state index is 12.5. The van der Waals surface area contributed by atoms with Crippen molar-refractivity contribution in [1.29, 1.82) is 0 Å². The van der Waals surface area contributed by atoms with E-state index in [0.29, 0.717) is 23.3 Å². The molecule has 1 aliphatic rings. The number of nitrogens with zero attached hydrogens (tertiary/aromatic N) is 2. The molecule has 1 heterocycles. The van der Waals surface area contributed by atoms with Gasteiger partial charge in [0.2, 0.25) is 0 Å². The van der Waals surface area contributed by atoms with Crippen LogP contribution in [0.2, 0.25) is 0 Å². The Morgan fingerprint density at radius 3 is 2.79 bits per heavy atom. The van der Waals surface area contributed by atoms with Gasteiger partial charge in [-0.2, -0.15) is 0 Å². The van der Waals surface area contributed by atoms with Crippen LogP contribution >= 0.6 is 0 Å². The van der Waals surface area contributed by atoms with Gasteiger partial charge < -0.3 is 10.3 Å². The van der Waals surface area contributed by atoms with Crippen LogP contribution in [0, 0.1) is 5.92 Å². The fraction of sp³-hybridized carbons (Fsp3) is 0.571. The Balaban J connectivity index is 2.21. The molecule has 5 nitrogen and oxygen atoms in total. The second-order valence-corrected chi connectivity index (χ2v) is 5.22. The molecule has 19 heavy (non-hydrogen) atoms. The molecule has 0 bridgehead atoms. The van der Waals surface area contributed by atoms with Crippen molar-refractivity contribution >= 4 is 11.7 Å². The Kier molecular flexibility index (Phi) is 4.04. The van der Waals surface area contributed by atoms with Crippen LogP contribution in [-0.4, -0.2) is 28.9 Å². The first kappa shape index (κ1) is 13.8. The minimum atomic E-state index is 0.0352. The molecule has 0 aliphatic heterocycles. The van der Waals surface area contributed by atoms with E-state index in [1.807, 2.05) is 24.9 Å². The van der Waals surface area contributed by atoms with Crippen LogP contribution in [-0.2, 0) is 6.42 Å². The number of anilines is 1. The lowest BCUT2D eigenvalue weighted by Gasteiger charge is -2.25. The molecule has 1 aromatic heterocycles. The zero-order valence-corrected chi connectivity index (χ0v) is 11.8. The highest BCUT2D eigenvalue weighted by molar-refractivity contribution is 5.95. The molecule has 1 fully saturated rings. The summed E-state index contributed by atoms with van der Waals surface area (Å²) in [6, 6.07) is 3.84. The summed E-state index contributed by atoms with van der Waals surface area (Å²) in [5.41, 5.74) is 4.03. The maximum absolute atomic E-state index is 12.5. The number of hydrogen-bond donors (Lipinski definition) is 2. The van der Waals surface area contributed by atoms with Crippen molar-refractivity contribution in [2.45, 2.75) is 39.2 Å². The SMILES string of the molecule is CCc1cc(C(=O)N(C)C(C)C2CC2)cc(NN)n1. The molecule has 3 N–H and O–H groups in total. The van der Waals surface area contributed by atoms with E-state index in [4.69, 9.17) is 5.84 Å². The third-order valence-electron chi connectivity index (χ3n) is 3.87. The lowest BCUT2D eigenvalue weighted by atomic mass is 10.1. The third-order valence-corrected chi connectivity index (χ3v) is 3.87. The van der Waals surface area contributed by atoms with Gasteiger partial charge in [0.15, 0.2) is 0 Å². The molecular weight excluding hydrogens is 240 g/mol. The smallest absolute Gasteiger partial charge is 0.254 e. The van der Waals surface area contributed by atoms with E-state index in [1.54, 1.807) is 6.07 Å². The van der Waals surface area contributed by atoms with Gasteiger partial charge in [0.25, 0.3) is 5.91 Å². The average Bonchev–Trinajstić information content (AvgIpc) is 3.28. The number of nitrogen functional groups attached to an aromatic ring is 1. The molecule has 104 valence electrons. The molecule has 1 saturated carbocycles. The first-order valence-corrected chi connectivity index (χ1v) is 6.81. The number of amides is 1. The molecule has 5 heteroatoms. The fourth-order valence-corrected chi connectivity index (χ4v) is 2.25. The second kappa shape index (κ2) is 5.57. The van der Waals surface area contributed by atoms with Crippen molar-refractivity contribution in [3.05, 3.63) is 23.4 Å². The van der Waals surface area contributed by atoms with Crippen LogP contribution in [0.4, 0.5) is 5.82 Å². The van der Waals surface area contributed by atoms with Gasteiger partial charge >= 0.3 is 0 Å². The van der Waals surface area contributed by atoms with E-state index in [2.05, 4.69) is 17.3 Å². The number of carbonyl (C=O) groups is 1. The number of rotatable bonds is 5.